The molecule has 0 aromatic rings. The van der Waals surface area contributed by atoms with E-state index in [2.05, 4.69) is 6.07 Å². The Kier molecular flexibility index (Phi) is 4.27. The summed E-state index contributed by atoms with van der Waals surface area (Å²) in [6.07, 6.45) is 0. The topological polar surface area (TPSA) is 44.1 Å². The molecule has 1 unspecified atom stereocenters. The molecule has 0 spiro atoms. The summed E-state index contributed by atoms with van der Waals surface area (Å²) < 4.78 is 0. The third kappa shape index (κ3) is 2.65. The van der Waals surface area contributed by atoms with E-state index in [1.54, 1.807) is 0 Å². The van der Waals surface area contributed by atoms with Crippen molar-refractivity contribution in [3.05, 3.63) is 0 Å². The lowest BCUT2D eigenvalue weighted by Gasteiger charge is -2.29. The van der Waals surface area contributed by atoms with Crippen LogP contribution in [0.5, 0.6) is 0 Å². The molecule has 1 rings (SSSR count). The predicted octanol–water partition coefficient (Wildman–Crippen LogP) is 1.36. The Bertz CT molecular complexity index is 241. The van der Waals surface area contributed by atoms with E-state index in [-0.39, 0.29) is 11.8 Å². The van der Waals surface area contributed by atoms with Gasteiger partial charge in [-0.3, -0.25) is 4.79 Å². The average molecular weight is 212 g/mol. The van der Waals surface area contributed by atoms with E-state index in [1.165, 1.54) is 0 Å². The van der Waals surface area contributed by atoms with Crippen molar-refractivity contribution in [2.75, 3.05) is 24.6 Å². The molecule has 1 amide bonds. The van der Waals surface area contributed by atoms with Gasteiger partial charge in [0.15, 0.2) is 0 Å². The first-order valence-electron chi connectivity index (χ1n) is 4.93. The number of hydrogen-bond donors (Lipinski definition) is 0. The van der Waals surface area contributed by atoms with Gasteiger partial charge < -0.3 is 4.90 Å². The van der Waals surface area contributed by atoms with Crippen LogP contribution in [-0.4, -0.2) is 35.4 Å². The number of amides is 1. The van der Waals surface area contributed by atoms with E-state index in [0.29, 0.717) is 0 Å². The summed E-state index contributed by atoms with van der Waals surface area (Å²) in [5.74, 6) is 1.67. The van der Waals surface area contributed by atoms with E-state index < -0.39 is 5.92 Å². The van der Waals surface area contributed by atoms with Crippen LogP contribution in [0.15, 0.2) is 0 Å². The summed E-state index contributed by atoms with van der Waals surface area (Å²) in [6, 6.07) is 2.10. The minimum Gasteiger partial charge on any atom is -0.340 e. The number of nitrogens with zero attached hydrogens (tertiary/aromatic N) is 2. The van der Waals surface area contributed by atoms with Crippen LogP contribution < -0.4 is 0 Å². The number of rotatable bonds is 2. The summed E-state index contributed by atoms with van der Waals surface area (Å²) in [5, 5.41) is 8.89. The first-order valence-corrected chi connectivity index (χ1v) is 6.08. The maximum absolute atomic E-state index is 11.9. The number of carbonyl (C=O) groups excluding carboxylic acids is 1. The lowest BCUT2D eigenvalue weighted by Crippen LogP contribution is -2.42. The van der Waals surface area contributed by atoms with E-state index in [1.807, 2.05) is 30.5 Å². The van der Waals surface area contributed by atoms with E-state index in [4.69, 9.17) is 5.26 Å². The van der Waals surface area contributed by atoms with Crippen LogP contribution in [0.4, 0.5) is 0 Å². The Balaban J connectivity index is 2.58. The van der Waals surface area contributed by atoms with Gasteiger partial charge in [-0.2, -0.15) is 17.0 Å². The van der Waals surface area contributed by atoms with Crippen molar-refractivity contribution >= 4 is 17.7 Å². The molecule has 0 saturated carbocycles. The summed E-state index contributed by atoms with van der Waals surface area (Å²) in [5.41, 5.74) is 0. The number of thioether (sulfide) groups is 1. The molecule has 1 saturated heterocycles. The van der Waals surface area contributed by atoms with Gasteiger partial charge in [-0.05, 0) is 5.92 Å². The van der Waals surface area contributed by atoms with Crippen molar-refractivity contribution in [3.63, 3.8) is 0 Å². The average Bonchev–Trinajstić information content (AvgIpc) is 2.19. The lowest BCUT2D eigenvalue weighted by atomic mass is 9.96. The molecule has 0 bridgehead atoms. The fourth-order valence-corrected chi connectivity index (χ4v) is 2.37. The zero-order valence-electron chi connectivity index (χ0n) is 8.69. The highest BCUT2D eigenvalue weighted by molar-refractivity contribution is 7.99. The highest BCUT2D eigenvalue weighted by Gasteiger charge is 2.27. The predicted molar refractivity (Wildman–Crippen MR) is 57.8 cm³/mol. The van der Waals surface area contributed by atoms with Gasteiger partial charge in [0.1, 0.15) is 5.92 Å². The van der Waals surface area contributed by atoms with Crippen molar-refractivity contribution in [1.82, 2.24) is 4.90 Å². The van der Waals surface area contributed by atoms with Gasteiger partial charge in [0.2, 0.25) is 5.91 Å². The molecular formula is C10H16N2OS. The monoisotopic (exact) mass is 212 g/mol. The van der Waals surface area contributed by atoms with Crippen molar-refractivity contribution < 1.29 is 4.79 Å². The highest BCUT2D eigenvalue weighted by Crippen LogP contribution is 2.17. The molecule has 1 aliphatic heterocycles. The van der Waals surface area contributed by atoms with Crippen LogP contribution in [0.25, 0.3) is 0 Å². The summed E-state index contributed by atoms with van der Waals surface area (Å²) in [6.45, 7) is 5.44. The summed E-state index contributed by atoms with van der Waals surface area (Å²) in [7, 11) is 0. The molecule has 78 valence electrons. The van der Waals surface area contributed by atoms with Crippen LogP contribution in [0.3, 0.4) is 0 Å². The van der Waals surface area contributed by atoms with Gasteiger partial charge in [-0.1, -0.05) is 13.8 Å². The number of hydrogen-bond acceptors (Lipinski definition) is 3. The Hall–Kier alpha value is -0.690. The molecule has 0 aliphatic carbocycles. The van der Waals surface area contributed by atoms with Crippen LogP contribution in [0, 0.1) is 23.2 Å². The third-order valence-corrected chi connectivity index (χ3v) is 3.34. The molecule has 0 aromatic heterocycles. The molecule has 14 heavy (non-hydrogen) atoms. The lowest BCUT2D eigenvalue weighted by molar-refractivity contribution is -0.134. The molecule has 0 N–H and O–H groups in total. The molecule has 1 heterocycles. The summed E-state index contributed by atoms with van der Waals surface area (Å²) >= 11 is 1.87. The van der Waals surface area contributed by atoms with E-state index in [0.717, 1.165) is 24.6 Å². The smallest absolute Gasteiger partial charge is 0.240 e. The highest BCUT2D eigenvalue weighted by atomic mass is 32.2. The Morgan fingerprint density at radius 2 is 2.00 bits per heavy atom. The molecule has 0 radical (unpaired) electrons. The van der Waals surface area contributed by atoms with Gasteiger partial charge in [-0.25, -0.2) is 0 Å². The maximum atomic E-state index is 11.9. The summed E-state index contributed by atoms with van der Waals surface area (Å²) in [4.78, 5) is 13.7. The van der Waals surface area contributed by atoms with E-state index >= 15 is 0 Å². The molecule has 3 nitrogen and oxygen atoms in total. The Morgan fingerprint density at radius 3 is 2.43 bits per heavy atom. The number of carbonyl (C=O) groups is 1. The first kappa shape index (κ1) is 11.4. The number of nitriles is 1. The van der Waals surface area contributed by atoms with Gasteiger partial charge in [0, 0.05) is 24.6 Å². The maximum Gasteiger partial charge on any atom is 0.240 e. The fraction of sp³-hybridized carbons (Fsp3) is 0.800. The van der Waals surface area contributed by atoms with Crippen molar-refractivity contribution in [2.45, 2.75) is 13.8 Å². The van der Waals surface area contributed by atoms with Gasteiger partial charge in [0.05, 0.1) is 6.07 Å². The quantitative estimate of drug-likeness (QED) is 0.694. The zero-order chi connectivity index (χ0) is 10.6. The molecule has 1 fully saturated rings. The van der Waals surface area contributed by atoms with Crippen molar-refractivity contribution in [2.24, 2.45) is 11.8 Å². The van der Waals surface area contributed by atoms with Gasteiger partial charge in [-0.15, -0.1) is 0 Å². The second kappa shape index (κ2) is 5.26. The normalized spacial score (nSPS) is 19.1. The Labute approximate surface area is 89.5 Å². The molecule has 1 atom stereocenters. The second-order valence-electron chi connectivity index (χ2n) is 3.79. The van der Waals surface area contributed by atoms with Crippen LogP contribution in [0.1, 0.15) is 13.8 Å². The standard InChI is InChI=1S/C10H16N2OS/c1-8(2)9(7-11)10(13)12-3-5-14-6-4-12/h8-9H,3-6H2,1-2H3. The molecular weight excluding hydrogens is 196 g/mol. The van der Waals surface area contributed by atoms with Crippen LogP contribution in [-0.2, 0) is 4.79 Å². The van der Waals surface area contributed by atoms with E-state index in [9.17, 15) is 4.79 Å². The zero-order valence-corrected chi connectivity index (χ0v) is 9.51. The van der Waals surface area contributed by atoms with Gasteiger partial charge in [0.25, 0.3) is 0 Å². The molecule has 0 aromatic carbocycles. The second-order valence-corrected chi connectivity index (χ2v) is 5.01. The van der Waals surface area contributed by atoms with Crippen molar-refractivity contribution in [1.29, 1.82) is 5.26 Å². The molecule has 1 aliphatic rings. The molecule has 4 heteroatoms. The minimum absolute atomic E-state index is 0.0165. The SMILES string of the molecule is CC(C)C(C#N)C(=O)N1CCSCC1. The largest absolute Gasteiger partial charge is 0.340 e. The van der Waals surface area contributed by atoms with Gasteiger partial charge >= 0.3 is 0 Å². The minimum atomic E-state index is -0.460. The fourth-order valence-electron chi connectivity index (χ4n) is 1.47. The Morgan fingerprint density at radius 1 is 1.43 bits per heavy atom. The first-order chi connectivity index (χ1) is 6.66. The third-order valence-electron chi connectivity index (χ3n) is 2.39. The van der Waals surface area contributed by atoms with Crippen LogP contribution in [0.2, 0.25) is 0 Å². The van der Waals surface area contributed by atoms with Crippen LogP contribution >= 0.6 is 11.8 Å². The van der Waals surface area contributed by atoms with Crippen molar-refractivity contribution in [3.8, 4) is 6.07 Å².